The number of nitrogens with one attached hydrogen (secondary N) is 2. The van der Waals surface area contributed by atoms with Gasteiger partial charge in [0.25, 0.3) is 10.0 Å². The van der Waals surface area contributed by atoms with Crippen LogP contribution in [0.1, 0.15) is 24.2 Å². The number of hydrogen-bond donors (Lipinski definition) is 2. The Bertz CT molecular complexity index is 1160. The zero-order chi connectivity index (χ0) is 22.4. The number of ether oxygens (including phenoxy) is 1. The third kappa shape index (κ3) is 6.56. The van der Waals surface area contributed by atoms with E-state index in [9.17, 15) is 13.2 Å². The Kier molecular flexibility index (Phi) is 7.34. The maximum Gasteiger partial charge on any atom is 0.263 e. The molecule has 8 nitrogen and oxygen atoms in total. The van der Waals surface area contributed by atoms with Crippen molar-refractivity contribution in [1.29, 1.82) is 0 Å². The third-order valence-corrected chi connectivity index (χ3v) is 6.20. The molecular weight excluding hydrogens is 486 g/mol. The SMILES string of the molecule is Cc1ccc(OCCCC(=O)Nc2ccc(S(=O)(=O)Nc3cc(C)on3)cc2)c(Br)c1. The van der Waals surface area contributed by atoms with Gasteiger partial charge in [-0.05, 0) is 78.2 Å². The summed E-state index contributed by atoms with van der Waals surface area (Å²) in [6.45, 7) is 4.06. The Balaban J connectivity index is 1.47. The van der Waals surface area contributed by atoms with Crippen molar-refractivity contribution < 1.29 is 22.5 Å². The van der Waals surface area contributed by atoms with E-state index < -0.39 is 10.0 Å². The van der Waals surface area contributed by atoms with Gasteiger partial charge in [0.1, 0.15) is 11.5 Å². The zero-order valence-corrected chi connectivity index (χ0v) is 19.4. The summed E-state index contributed by atoms with van der Waals surface area (Å²) in [5.74, 6) is 1.15. The second-order valence-electron chi connectivity index (χ2n) is 6.89. The van der Waals surface area contributed by atoms with Gasteiger partial charge in [-0.2, -0.15) is 0 Å². The minimum Gasteiger partial charge on any atom is -0.492 e. The van der Waals surface area contributed by atoms with Crippen LogP contribution in [0, 0.1) is 13.8 Å². The van der Waals surface area contributed by atoms with Crippen LogP contribution in [-0.2, 0) is 14.8 Å². The standard InChI is InChI=1S/C21H22BrN3O5S/c1-14-5-10-19(18(22)12-14)29-11-3-4-21(26)23-16-6-8-17(9-7-16)31(27,28)25-20-13-15(2)30-24-20/h5-10,12-13H,3-4,11H2,1-2H3,(H,23,26)(H,24,25). The quantitative estimate of drug-likeness (QED) is 0.407. The van der Waals surface area contributed by atoms with Crippen molar-refractivity contribution >= 4 is 43.4 Å². The molecule has 0 aliphatic carbocycles. The Morgan fingerprint density at radius 1 is 1.13 bits per heavy atom. The topological polar surface area (TPSA) is 111 Å². The number of carbonyl (C=O) groups is 1. The van der Waals surface area contributed by atoms with Crippen LogP contribution in [0.4, 0.5) is 11.5 Å². The smallest absolute Gasteiger partial charge is 0.263 e. The maximum absolute atomic E-state index is 12.4. The normalized spacial score (nSPS) is 11.2. The summed E-state index contributed by atoms with van der Waals surface area (Å²) in [6, 6.07) is 13.2. The fourth-order valence-electron chi connectivity index (χ4n) is 2.69. The average Bonchev–Trinajstić information content (AvgIpc) is 3.11. The first-order valence-electron chi connectivity index (χ1n) is 9.48. The van der Waals surface area contributed by atoms with Gasteiger partial charge in [-0.25, -0.2) is 8.42 Å². The van der Waals surface area contributed by atoms with E-state index in [1.54, 1.807) is 6.92 Å². The number of carbonyl (C=O) groups excluding carboxylic acids is 1. The van der Waals surface area contributed by atoms with E-state index in [0.717, 1.165) is 15.8 Å². The van der Waals surface area contributed by atoms with E-state index in [2.05, 4.69) is 31.1 Å². The maximum atomic E-state index is 12.4. The number of hydrogen-bond acceptors (Lipinski definition) is 6. The number of anilines is 2. The number of aryl methyl sites for hydroxylation is 2. The lowest BCUT2D eigenvalue weighted by Gasteiger charge is -2.10. The lowest BCUT2D eigenvalue weighted by Crippen LogP contribution is -2.14. The molecule has 0 saturated heterocycles. The van der Waals surface area contributed by atoms with Gasteiger partial charge < -0.3 is 14.6 Å². The van der Waals surface area contributed by atoms with Crippen LogP contribution in [0.5, 0.6) is 5.75 Å². The van der Waals surface area contributed by atoms with Gasteiger partial charge in [-0.3, -0.25) is 9.52 Å². The molecule has 1 heterocycles. The molecule has 1 amide bonds. The van der Waals surface area contributed by atoms with E-state index in [4.69, 9.17) is 9.26 Å². The number of halogens is 1. The van der Waals surface area contributed by atoms with Crippen molar-refractivity contribution in [2.45, 2.75) is 31.6 Å². The zero-order valence-electron chi connectivity index (χ0n) is 17.0. The fourth-order valence-corrected chi connectivity index (χ4v) is 4.28. The van der Waals surface area contributed by atoms with E-state index in [0.29, 0.717) is 24.5 Å². The second-order valence-corrected chi connectivity index (χ2v) is 9.42. The molecule has 0 unspecified atom stereocenters. The van der Waals surface area contributed by atoms with Crippen LogP contribution in [0.3, 0.4) is 0 Å². The molecule has 0 bridgehead atoms. The Hall–Kier alpha value is -2.85. The molecule has 3 rings (SSSR count). The summed E-state index contributed by atoms with van der Waals surface area (Å²) in [5, 5.41) is 6.36. The molecule has 31 heavy (non-hydrogen) atoms. The fraction of sp³-hybridized carbons (Fsp3) is 0.238. The lowest BCUT2D eigenvalue weighted by molar-refractivity contribution is -0.116. The van der Waals surface area contributed by atoms with E-state index in [-0.39, 0.29) is 23.0 Å². The molecule has 3 aromatic rings. The van der Waals surface area contributed by atoms with Gasteiger partial charge in [-0.15, -0.1) is 0 Å². The molecule has 10 heteroatoms. The molecule has 2 N–H and O–H groups in total. The summed E-state index contributed by atoms with van der Waals surface area (Å²) in [5.41, 5.74) is 1.63. The second kappa shape index (κ2) is 9.97. The molecule has 1 aromatic heterocycles. The van der Waals surface area contributed by atoms with E-state index in [1.165, 1.54) is 30.3 Å². The number of nitrogens with zero attached hydrogens (tertiary/aromatic N) is 1. The van der Waals surface area contributed by atoms with Crippen LogP contribution >= 0.6 is 15.9 Å². The summed E-state index contributed by atoms with van der Waals surface area (Å²) >= 11 is 3.45. The van der Waals surface area contributed by atoms with E-state index in [1.807, 2.05) is 25.1 Å². The summed E-state index contributed by atoms with van der Waals surface area (Å²) in [6.07, 6.45) is 0.816. The van der Waals surface area contributed by atoms with Crippen molar-refractivity contribution in [3.8, 4) is 5.75 Å². The average molecular weight is 508 g/mol. The largest absolute Gasteiger partial charge is 0.492 e. The Morgan fingerprint density at radius 2 is 1.87 bits per heavy atom. The van der Waals surface area contributed by atoms with Crippen molar-refractivity contribution in [1.82, 2.24) is 5.16 Å². The molecule has 0 aliphatic heterocycles. The Labute approximate surface area is 189 Å². The first kappa shape index (κ1) is 22.8. The van der Waals surface area contributed by atoms with Crippen molar-refractivity contribution in [3.05, 3.63) is 64.3 Å². The molecule has 2 aromatic carbocycles. The first-order valence-corrected chi connectivity index (χ1v) is 11.8. The summed E-state index contributed by atoms with van der Waals surface area (Å²) in [7, 11) is -3.80. The number of aromatic nitrogens is 1. The first-order chi connectivity index (χ1) is 14.7. The van der Waals surface area contributed by atoms with Gasteiger partial charge in [0.2, 0.25) is 5.91 Å². The Morgan fingerprint density at radius 3 is 2.52 bits per heavy atom. The highest BCUT2D eigenvalue weighted by Gasteiger charge is 2.16. The molecule has 0 atom stereocenters. The highest BCUT2D eigenvalue weighted by atomic mass is 79.9. The summed E-state index contributed by atoms with van der Waals surface area (Å²) in [4.78, 5) is 12.2. The molecule has 0 aliphatic rings. The number of rotatable bonds is 9. The number of sulfonamides is 1. The van der Waals surface area contributed by atoms with Crippen LogP contribution in [0.25, 0.3) is 0 Å². The molecule has 0 spiro atoms. The van der Waals surface area contributed by atoms with Crippen molar-refractivity contribution in [2.24, 2.45) is 0 Å². The van der Waals surface area contributed by atoms with E-state index >= 15 is 0 Å². The van der Waals surface area contributed by atoms with Gasteiger partial charge in [0, 0.05) is 18.2 Å². The monoisotopic (exact) mass is 507 g/mol. The molecule has 164 valence electrons. The minimum absolute atomic E-state index is 0.0447. The number of amides is 1. The molecule has 0 saturated carbocycles. The minimum atomic E-state index is -3.80. The molecule has 0 fully saturated rings. The summed E-state index contributed by atoms with van der Waals surface area (Å²) < 4.78 is 38.5. The van der Waals surface area contributed by atoms with Gasteiger partial charge in [0.15, 0.2) is 5.82 Å². The lowest BCUT2D eigenvalue weighted by atomic mass is 10.2. The van der Waals surface area contributed by atoms with Crippen LogP contribution < -0.4 is 14.8 Å². The van der Waals surface area contributed by atoms with Crippen LogP contribution in [0.15, 0.2) is 62.4 Å². The molecular formula is C21H22BrN3O5S. The third-order valence-electron chi connectivity index (χ3n) is 4.21. The van der Waals surface area contributed by atoms with Gasteiger partial charge in [0.05, 0.1) is 16.0 Å². The predicted octanol–water partition coefficient (Wildman–Crippen LogP) is 4.65. The van der Waals surface area contributed by atoms with Crippen molar-refractivity contribution in [2.75, 3.05) is 16.6 Å². The highest BCUT2D eigenvalue weighted by molar-refractivity contribution is 9.10. The predicted molar refractivity (Wildman–Crippen MR) is 121 cm³/mol. The van der Waals surface area contributed by atoms with Crippen LogP contribution in [0.2, 0.25) is 0 Å². The number of benzene rings is 2. The van der Waals surface area contributed by atoms with Gasteiger partial charge >= 0.3 is 0 Å². The molecule has 0 radical (unpaired) electrons. The highest BCUT2D eigenvalue weighted by Crippen LogP contribution is 2.26. The van der Waals surface area contributed by atoms with Crippen molar-refractivity contribution in [3.63, 3.8) is 0 Å². The van der Waals surface area contributed by atoms with Gasteiger partial charge in [-0.1, -0.05) is 11.2 Å². The van der Waals surface area contributed by atoms with Crippen LogP contribution in [-0.4, -0.2) is 26.1 Å².